The van der Waals surface area contributed by atoms with Crippen molar-refractivity contribution in [3.63, 3.8) is 0 Å². The van der Waals surface area contributed by atoms with E-state index >= 15 is 0 Å². The fourth-order valence-electron chi connectivity index (χ4n) is 1.51. The van der Waals surface area contributed by atoms with Crippen LogP contribution in [0.4, 0.5) is 0 Å². The fraction of sp³-hybridized carbons (Fsp3) is 0.273. The molecule has 2 rings (SSSR count). The predicted octanol–water partition coefficient (Wildman–Crippen LogP) is 2.72. The second kappa shape index (κ2) is 6.30. The summed E-state index contributed by atoms with van der Waals surface area (Å²) in [7, 11) is 8.62. The van der Waals surface area contributed by atoms with Gasteiger partial charge in [0, 0.05) is 6.54 Å². The molecule has 0 aliphatic heterocycles. The van der Waals surface area contributed by atoms with Crippen molar-refractivity contribution in [1.29, 1.82) is 0 Å². The number of benzene rings is 1. The fourth-order valence-corrected chi connectivity index (χ4v) is 1.51. The van der Waals surface area contributed by atoms with Crippen LogP contribution >= 0.6 is 9.53 Å². The first-order valence-corrected chi connectivity index (χ1v) is 6.51. The Morgan fingerprint density at radius 3 is 2.67 bits per heavy atom. The summed E-state index contributed by atoms with van der Waals surface area (Å²) in [4.78, 5) is 5.29. The van der Waals surface area contributed by atoms with Gasteiger partial charge in [-0.25, -0.2) is 0 Å². The summed E-state index contributed by atoms with van der Waals surface area (Å²) < 4.78 is 0. The van der Waals surface area contributed by atoms with Gasteiger partial charge in [0.1, 0.15) is 0 Å². The van der Waals surface area contributed by atoms with Crippen molar-refractivity contribution >= 4 is 20.4 Å². The van der Waals surface area contributed by atoms with Crippen LogP contribution in [0.2, 0.25) is 0 Å². The average Bonchev–Trinajstić information content (AvgIpc) is 2.64. The Morgan fingerprint density at radius 2 is 2.00 bits per heavy atom. The molecule has 2 nitrogen and oxygen atoms in total. The molecule has 15 heavy (non-hydrogen) atoms. The zero-order valence-corrected chi connectivity index (χ0v) is 11.0. The summed E-state index contributed by atoms with van der Waals surface area (Å²) in [6.07, 6.45) is 3.18. The number of hydrogen-bond acceptors (Lipinski definition) is 1. The molecule has 0 amide bonds. The number of H-pyrrole nitrogens is 1. The van der Waals surface area contributed by atoms with Crippen LogP contribution in [0.3, 0.4) is 0 Å². The minimum atomic E-state index is 0.935. The van der Waals surface area contributed by atoms with Gasteiger partial charge in [0.2, 0.25) is 0 Å². The van der Waals surface area contributed by atoms with Crippen LogP contribution in [0.5, 0.6) is 0 Å². The number of fused-ring (bicyclic) bond motifs is 1. The normalized spacial score (nSPS) is 10.3. The number of hydrogen-bond donors (Lipinski definition) is 1. The van der Waals surface area contributed by atoms with E-state index in [-0.39, 0.29) is 0 Å². The molecule has 0 bridgehead atoms. The van der Waals surface area contributed by atoms with Gasteiger partial charge in [0.15, 0.2) is 0 Å². The zero-order chi connectivity index (χ0) is 11.3. The first kappa shape index (κ1) is 12.7. The topological polar surface area (TPSA) is 19.0 Å². The molecule has 0 fully saturated rings. The Morgan fingerprint density at radius 1 is 1.33 bits per heavy atom. The molecule has 0 saturated heterocycles. The van der Waals surface area contributed by atoms with Gasteiger partial charge in [-0.05, 0) is 14.1 Å². The van der Waals surface area contributed by atoms with Gasteiger partial charge in [0.25, 0.3) is 0 Å². The van der Waals surface area contributed by atoms with Gasteiger partial charge in [-0.2, -0.15) is 0 Å². The second-order valence-corrected chi connectivity index (χ2v) is 3.51. The van der Waals surface area contributed by atoms with Gasteiger partial charge in [-0.1, -0.05) is 12.1 Å². The number of aromatic amines is 1. The molecule has 0 spiro atoms. The van der Waals surface area contributed by atoms with Crippen molar-refractivity contribution in [1.82, 2.24) is 9.88 Å². The van der Waals surface area contributed by atoms with E-state index in [0.29, 0.717) is 0 Å². The van der Waals surface area contributed by atoms with Crippen molar-refractivity contribution in [3.05, 3.63) is 36.0 Å². The minimum absolute atomic E-state index is 0.935. The predicted molar refractivity (Wildman–Crippen MR) is 60.4 cm³/mol. The van der Waals surface area contributed by atoms with Crippen molar-refractivity contribution in [2.24, 2.45) is 0 Å². The van der Waals surface area contributed by atoms with E-state index in [2.05, 4.69) is 76.1 Å². The van der Waals surface area contributed by atoms with Crippen molar-refractivity contribution in [2.45, 2.75) is 6.54 Å². The van der Waals surface area contributed by atoms with E-state index in [1.165, 1.54) is 16.5 Å². The SMILES string of the molecule is CN(C)Cc1[c-][nH]c2ccccc12.[Cl][Pd+]. The van der Waals surface area contributed by atoms with Gasteiger partial charge in [-0.15, -0.1) is 34.8 Å². The molecule has 0 radical (unpaired) electrons. The molecule has 0 atom stereocenters. The van der Waals surface area contributed by atoms with Crippen LogP contribution in [0.1, 0.15) is 5.56 Å². The number of halogens is 1. The third kappa shape index (κ3) is 3.32. The number of nitrogens with one attached hydrogen (secondary N) is 1. The van der Waals surface area contributed by atoms with Gasteiger partial charge in [0.05, 0.1) is 0 Å². The molecular weight excluding hydrogens is 302 g/mol. The maximum atomic E-state index is 4.49. The molecule has 1 aromatic carbocycles. The Kier molecular flexibility index (Phi) is 5.35. The molecule has 1 N–H and O–H groups in total. The van der Waals surface area contributed by atoms with Crippen molar-refractivity contribution in [2.75, 3.05) is 14.1 Å². The first-order chi connectivity index (χ1) is 7.27. The third-order valence-corrected chi connectivity index (χ3v) is 2.07. The summed E-state index contributed by atoms with van der Waals surface area (Å²) in [5, 5.41) is 1.27. The maximum absolute atomic E-state index is 4.49. The van der Waals surface area contributed by atoms with E-state index in [1.54, 1.807) is 0 Å². The van der Waals surface area contributed by atoms with Gasteiger partial charge in [-0.3, -0.25) is 0 Å². The molecule has 0 aliphatic carbocycles. The summed E-state index contributed by atoms with van der Waals surface area (Å²) in [6, 6.07) is 8.29. The standard InChI is InChI=1S/C11H13N2.ClH.Pd/c1-13(2)8-9-7-12-11-6-4-3-5-10(9)11;;/h3-6,12H,8H2,1-2H3;1H;/q-1;;+2/p-1. The Bertz CT molecular complexity index is 412. The Labute approximate surface area is 105 Å². The summed E-state index contributed by atoms with van der Waals surface area (Å²) in [5.74, 6) is 0. The molecule has 0 unspecified atom stereocenters. The molecule has 0 aliphatic rings. The second-order valence-electron chi connectivity index (χ2n) is 3.51. The van der Waals surface area contributed by atoms with E-state index in [9.17, 15) is 0 Å². The quantitative estimate of drug-likeness (QED) is 0.667. The van der Waals surface area contributed by atoms with E-state index in [0.717, 1.165) is 6.54 Å². The third-order valence-electron chi connectivity index (χ3n) is 2.07. The number of aromatic nitrogens is 1. The Balaban J connectivity index is 0.000000531. The van der Waals surface area contributed by atoms with Crippen LogP contribution in [0.25, 0.3) is 10.9 Å². The monoisotopic (exact) mass is 314 g/mol. The number of rotatable bonds is 2. The summed E-state index contributed by atoms with van der Waals surface area (Å²) >= 11 is 2.22. The van der Waals surface area contributed by atoms with E-state index in [1.807, 2.05) is 6.07 Å². The number of nitrogens with zero attached hydrogens (tertiary/aromatic N) is 1. The van der Waals surface area contributed by atoms with E-state index < -0.39 is 0 Å². The summed E-state index contributed by atoms with van der Waals surface area (Å²) in [6.45, 7) is 0.935. The molecule has 2 aromatic rings. The van der Waals surface area contributed by atoms with Crippen LogP contribution in [-0.2, 0) is 24.7 Å². The first-order valence-electron chi connectivity index (χ1n) is 4.51. The molecule has 4 heteroatoms. The molecular formula is C11H13ClN2Pd. The summed E-state index contributed by atoms with van der Waals surface area (Å²) in [5.41, 5.74) is 2.40. The van der Waals surface area contributed by atoms with E-state index in [4.69, 9.17) is 0 Å². The van der Waals surface area contributed by atoms with Gasteiger partial charge < -0.3 is 9.88 Å². The molecule has 1 heterocycles. The van der Waals surface area contributed by atoms with Crippen LogP contribution in [0, 0.1) is 6.20 Å². The van der Waals surface area contributed by atoms with Gasteiger partial charge >= 0.3 is 27.7 Å². The van der Waals surface area contributed by atoms with Crippen LogP contribution in [0.15, 0.2) is 24.3 Å². The number of para-hydroxylation sites is 1. The molecule has 84 valence electrons. The van der Waals surface area contributed by atoms with Crippen LogP contribution in [-0.4, -0.2) is 24.0 Å². The van der Waals surface area contributed by atoms with Crippen molar-refractivity contribution < 1.29 is 18.2 Å². The Hall–Kier alpha value is -0.328. The van der Waals surface area contributed by atoms with Crippen LogP contribution < -0.4 is 0 Å². The molecule has 0 saturated carbocycles. The van der Waals surface area contributed by atoms with Crippen molar-refractivity contribution in [3.8, 4) is 0 Å². The average molecular weight is 315 g/mol. The molecule has 1 aromatic heterocycles. The zero-order valence-electron chi connectivity index (χ0n) is 8.66.